The molecular weight excluding hydrogens is 639 g/mol. The predicted molar refractivity (Wildman–Crippen MR) is 220 cm³/mol. The first kappa shape index (κ1) is 54.4. The van der Waals surface area contributed by atoms with Crippen molar-refractivity contribution in [2.24, 2.45) is 0 Å². The molecule has 0 saturated carbocycles. The van der Waals surface area contributed by atoms with Crippen molar-refractivity contribution in [3.63, 3.8) is 0 Å². The van der Waals surface area contributed by atoms with E-state index in [0.717, 1.165) is 16.1 Å². The number of hydrogen-bond acceptors (Lipinski definition) is 4. The van der Waals surface area contributed by atoms with Gasteiger partial charge in [-0.2, -0.15) is 0 Å². The lowest BCUT2D eigenvalue weighted by molar-refractivity contribution is -0.870. The molecule has 0 aliphatic carbocycles. The lowest BCUT2D eigenvalue weighted by Crippen LogP contribution is -2.35. The zero-order chi connectivity index (χ0) is 38.2. The number of unbranched alkanes of at least 4 members (excludes halogenated alkanes) is 30. The molecular formula is C43H95N2O4P. The maximum absolute atomic E-state index is 9.25. The molecule has 0 aliphatic rings. The van der Waals surface area contributed by atoms with Gasteiger partial charge in [-0.1, -0.05) is 194 Å². The number of hydrogen-bond donors (Lipinski definition) is 0. The quantitative estimate of drug-likeness (QED) is 0.0369. The Labute approximate surface area is 316 Å². The van der Waals surface area contributed by atoms with Gasteiger partial charge in [-0.05, 0) is 25.7 Å². The van der Waals surface area contributed by atoms with Gasteiger partial charge in [0, 0.05) is 7.11 Å². The van der Waals surface area contributed by atoms with E-state index in [0.29, 0.717) is 0 Å². The Bertz CT molecular complexity index is 627. The van der Waals surface area contributed by atoms with Gasteiger partial charge in [-0.25, -0.2) is 0 Å². The zero-order valence-electron chi connectivity index (χ0n) is 36.0. The Morgan fingerprint density at radius 1 is 0.360 bits per heavy atom. The SMILES string of the molecule is CCCCCCCCCCCCCCCCCC[N+](C)(C)C.CCCCCCCCCCCCCCCCCC[N+](C)(C)C.COP(=O)([O-])[O-]. The van der Waals surface area contributed by atoms with Gasteiger partial charge in [-0.3, -0.25) is 0 Å². The molecule has 0 radical (unpaired) electrons. The summed E-state index contributed by atoms with van der Waals surface area (Å²) < 4.78 is 14.9. The Kier molecular flexibility index (Phi) is 43.7. The number of nitrogens with zero attached hydrogens (tertiary/aromatic N) is 2. The molecule has 0 N–H and O–H groups in total. The van der Waals surface area contributed by atoms with Crippen LogP contribution >= 0.6 is 7.82 Å². The van der Waals surface area contributed by atoms with Crippen LogP contribution in [-0.4, -0.2) is 71.5 Å². The molecule has 0 aromatic rings. The van der Waals surface area contributed by atoms with Crippen molar-refractivity contribution < 1.29 is 27.8 Å². The van der Waals surface area contributed by atoms with Crippen LogP contribution in [0.25, 0.3) is 0 Å². The third kappa shape index (κ3) is 63.1. The van der Waals surface area contributed by atoms with Crippen LogP contribution in [0.3, 0.4) is 0 Å². The van der Waals surface area contributed by atoms with Crippen molar-refractivity contribution in [3.05, 3.63) is 0 Å². The van der Waals surface area contributed by atoms with E-state index in [9.17, 15) is 14.4 Å². The summed E-state index contributed by atoms with van der Waals surface area (Å²) >= 11 is 0. The Balaban J connectivity index is -0.000000758. The highest BCUT2D eigenvalue weighted by Gasteiger charge is 2.06. The second-order valence-electron chi connectivity index (χ2n) is 17.3. The number of quaternary nitrogens is 2. The van der Waals surface area contributed by atoms with E-state index >= 15 is 0 Å². The monoisotopic (exact) mass is 735 g/mol. The topological polar surface area (TPSA) is 72.4 Å². The molecule has 0 amide bonds. The van der Waals surface area contributed by atoms with Crippen LogP contribution in [0.4, 0.5) is 0 Å². The van der Waals surface area contributed by atoms with Crippen LogP contribution in [0.2, 0.25) is 0 Å². The van der Waals surface area contributed by atoms with Gasteiger partial charge >= 0.3 is 0 Å². The molecule has 0 unspecified atom stereocenters. The first-order valence-corrected chi connectivity index (χ1v) is 23.3. The molecule has 0 aliphatic heterocycles. The van der Waals surface area contributed by atoms with E-state index in [1.807, 2.05) is 0 Å². The molecule has 0 aromatic carbocycles. The van der Waals surface area contributed by atoms with Crippen LogP contribution in [0.15, 0.2) is 0 Å². The maximum atomic E-state index is 9.25. The summed E-state index contributed by atoms with van der Waals surface area (Å²) in [6.45, 7) is 7.26. The molecule has 0 bridgehead atoms. The average Bonchev–Trinajstić information content (AvgIpc) is 3.03. The Morgan fingerprint density at radius 2 is 0.500 bits per heavy atom. The largest absolute Gasteiger partial charge is 0.790 e. The minimum atomic E-state index is -4.65. The van der Waals surface area contributed by atoms with Crippen molar-refractivity contribution in [3.8, 4) is 0 Å². The molecule has 0 aromatic heterocycles. The van der Waals surface area contributed by atoms with Crippen LogP contribution in [0, 0.1) is 0 Å². The van der Waals surface area contributed by atoms with E-state index in [2.05, 4.69) is 60.7 Å². The summed E-state index contributed by atoms with van der Waals surface area (Å²) in [5, 5.41) is 0. The van der Waals surface area contributed by atoms with Gasteiger partial charge in [0.2, 0.25) is 0 Å². The molecule has 0 fully saturated rings. The summed E-state index contributed by atoms with van der Waals surface area (Å²) in [7, 11) is 9.95. The lowest BCUT2D eigenvalue weighted by atomic mass is 10.0. The van der Waals surface area contributed by atoms with Crippen LogP contribution < -0.4 is 9.79 Å². The standard InChI is InChI=1S/2C21H46N.CH5O4P/c2*1-5-6-7-8-9-10-11-12-13-14-15-16-17-18-19-20-21-22(2,3)4;1-5-6(2,3)4/h2*5-21H2,1-4H3;1H3,(H2,2,3,4)/q2*+1;/p-2. The second kappa shape index (κ2) is 40.2. The van der Waals surface area contributed by atoms with Crippen molar-refractivity contribution >= 4 is 7.82 Å². The maximum Gasteiger partial charge on any atom is 0.0780 e. The zero-order valence-corrected chi connectivity index (χ0v) is 36.9. The molecule has 50 heavy (non-hydrogen) atoms. The minimum absolute atomic E-state index is 0.820. The van der Waals surface area contributed by atoms with Gasteiger partial charge in [0.1, 0.15) is 0 Å². The summed E-state index contributed by atoms with van der Waals surface area (Å²) in [5.41, 5.74) is 0. The fourth-order valence-electron chi connectivity index (χ4n) is 6.27. The fraction of sp³-hybridized carbons (Fsp3) is 1.00. The number of rotatable bonds is 35. The van der Waals surface area contributed by atoms with Crippen LogP contribution in [0.1, 0.15) is 219 Å². The molecule has 0 saturated heterocycles. The van der Waals surface area contributed by atoms with E-state index in [-0.39, 0.29) is 0 Å². The Hall–Kier alpha value is 0.0300. The van der Waals surface area contributed by atoms with Crippen molar-refractivity contribution in [1.82, 2.24) is 0 Å². The van der Waals surface area contributed by atoms with Crippen LogP contribution in [0.5, 0.6) is 0 Å². The van der Waals surface area contributed by atoms with Crippen LogP contribution in [-0.2, 0) is 9.09 Å². The molecule has 6 nitrogen and oxygen atoms in total. The van der Waals surface area contributed by atoms with Crippen molar-refractivity contribution in [2.75, 3.05) is 62.5 Å². The number of phosphoric ester groups is 1. The first-order valence-electron chi connectivity index (χ1n) is 21.9. The summed E-state index contributed by atoms with van der Waals surface area (Å²) in [5.74, 6) is 0. The summed E-state index contributed by atoms with van der Waals surface area (Å²) in [4.78, 5) is 18.5. The normalized spacial score (nSPS) is 12.0. The minimum Gasteiger partial charge on any atom is -0.790 e. The molecule has 306 valence electrons. The fourth-order valence-corrected chi connectivity index (χ4v) is 6.27. The van der Waals surface area contributed by atoms with Gasteiger partial charge in [-0.15, -0.1) is 0 Å². The van der Waals surface area contributed by atoms with Gasteiger partial charge in [0.05, 0.1) is 63.2 Å². The predicted octanol–water partition coefficient (Wildman–Crippen LogP) is 12.4. The van der Waals surface area contributed by atoms with E-state index in [1.54, 1.807) is 0 Å². The lowest BCUT2D eigenvalue weighted by Gasteiger charge is -2.25. The first-order chi connectivity index (χ1) is 23.7. The molecule has 0 rings (SSSR count). The summed E-state index contributed by atoms with van der Waals surface area (Å²) in [6.07, 6.45) is 46.7. The van der Waals surface area contributed by atoms with E-state index in [4.69, 9.17) is 0 Å². The van der Waals surface area contributed by atoms with Crippen molar-refractivity contribution in [1.29, 1.82) is 0 Å². The molecule has 0 heterocycles. The van der Waals surface area contributed by atoms with Crippen molar-refractivity contribution in [2.45, 2.75) is 219 Å². The van der Waals surface area contributed by atoms with Gasteiger partial charge in [0.25, 0.3) is 0 Å². The highest BCUT2D eigenvalue weighted by molar-refractivity contribution is 7.43. The van der Waals surface area contributed by atoms with Gasteiger partial charge < -0.3 is 27.8 Å². The molecule has 0 spiro atoms. The highest BCUT2D eigenvalue weighted by Crippen LogP contribution is 2.21. The Morgan fingerprint density at radius 3 is 0.620 bits per heavy atom. The van der Waals surface area contributed by atoms with E-state index in [1.165, 1.54) is 219 Å². The number of phosphoric acid groups is 1. The van der Waals surface area contributed by atoms with Gasteiger partial charge in [0.15, 0.2) is 0 Å². The second-order valence-corrected chi connectivity index (χ2v) is 18.5. The average molecular weight is 735 g/mol. The van der Waals surface area contributed by atoms with E-state index < -0.39 is 7.82 Å². The highest BCUT2D eigenvalue weighted by atomic mass is 31.2. The third-order valence-corrected chi connectivity index (χ3v) is 10.0. The molecule has 0 atom stereocenters. The smallest absolute Gasteiger partial charge is 0.0780 e. The summed E-state index contributed by atoms with van der Waals surface area (Å²) in [6, 6.07) is 0. The molecule has 7 heteroatoms. The third-order valence-electron chi connectivity index (χ3n) is 9.59.